The van der Waals surface area contributed by atoms with Gasteiger partial charge in [0.05, 0.1) is 11.5 Å². The molecule has 1 saturated heterocycles. The summed E-state index contributed by atoms with van der Waals surface area (Å²) in [6.07, 6.45) is 3.77. The number of hydrogen-bond acceptors (Lipinski definition) is 3. The Morgan fingerprint density at radius 3 is 2.67 bits per heavy atom. The zero-order valence-corrected chi connectivity index (χ0v) is 10.8. The molecule has 1 heterocycles. The van der Waals surface area contributed by atoms with Crippen LogP contribution in [-0.4, -0.2) is 35.7 Å². The van der Waals surface area contributed by atoms with Crippen LogP contribution in [-0.2, 0) is 14.3 Å². The summed E-state index contributed by atoms with van der Waals surface area (Å²) in [7, 11) is 0. The van der Waals surface area contributed by atoms with E-state index >= 15 is 0 Å². The maximum absolute atomic E-state index is 12.0. The lowest BCUT2D eigenvalue weighted by molar-refractivity contribution is -0.141. The minimum absolute atomic E-state index is 0.0181. The third-order valence-corrected chi connectivity index (χ3v) is 4.09. The summed E-state index contributed by atoms with van der Waals surface area (Å²) in [5, 5.41) is 11.8. The van der Waals surface area contributed by atoms with Crippen LogP contribution in [0.2, 0.25) is 0 Å². The fourth-order valence-corrected chi connectivity index (χ4v) is 2.84. The summed E-state index contributed by atoms with van der Waals surface area (Å²) in [6, 6.07) is 0. The molecule has 5 nitrogen and oxygen atoms in total. The lowest BCUT2D eigenvalue weighted by Crippen LogP contribution is -2.42. The Morgan fingerprint density at radius 2 is 2.11 bits per heavy atom. The molecule has 1 aliphatic heterocycles. The van der Waals surface area contributed by atoms with Crippen molar-refractivity contribution < 1.29 is 19.4 Å². The average Bonchev–Trinajstić information content (AvgIpc) is 2.95. The van der Waals surface area contributed by atoms with Gasteiger partial charge in [-0.2, -0.15) is 0 Å². The van der Waals surface area contributed by atoms with Gasteiger partial charge in [0.2, 0.25) is 5.91 Å². The van der Waals surface area contributed by atoms with Gasteiger partial charge in [0, 0.05) is 19.1 Å². The van der Waals surface area contributed by atoms with Crippen molar-refractivity contribution in [2.45, 2.75) is 44.6 Å². The van der Waals surface area contributed by atoms with Crippen molar-refractivity contribution in [3.63, 3.8) is 0 Å². The van der Waals surface area contributed by atoms with Gasteiger partial charge in [0.25, 0.3) is 0 Å². The van der Waals surface area contributed by atoms with E-state index in [2.05, 4.69) is 5.32 Å². The van der Waals surface area contributed by atoms with Crippen molar-refractivity contribution in [3.05, 3.63) is 0 Å². The predicted molar refractivity (Wildman–Crippen MR) is 65.1 cm³/mol. The molecule has 18 heavy (non-hydrogen) atoms. The van der Waals surface area contributed by atoms with Gasteiger partial charge in [-0.05, 0) is 39.0 Å². The van der Waals surface area contributed by atoms with Crippen molar-refractivity contribution >= 4 is 11.9 Å². The number of nitrogens with one attached hydrogen (secondary N) is 1. The van der Waals surface area contributed by atoms with Crippen LogP contribution in [0.25, 0.3) is 0 Å². The van der Waals surface area contributed by atoms with E-state index in [-0.39, 0.29) is 23.3 Å². The fourth-order valence-electron chi connectivity index (χ4n) is 2.84. The van der Waals surface area contributed by atoms with Crippen LogP contribution in [0.1, 0.15) is 39.0 Å². The number of carbonyl (C=O) groups excluding carboxylic acids is 1. The highest BCUT2D eigenvalue weighted by Gasteiger charge is 2.35. The van der Waals surface area contributed by atoms with Crippen molar-refractivity contribution in [2.24, 2.45) is 11.8 Å². The van der Waals surface area contributed by atoms with Crippen molar-refractivity contribution in [1.29, 1.82) is 0 Å². The second-order valence-electron chi connectivity index (χ2n) is 5.66. The van der Waals surface area contributed by atoms with Crippen LogP contribution in [0.4, 0.5) is 0 Å². The number of carboxylic acid groups (broad SMARTS) is 1. The molecule has 5 heteroatoms. The summed E-state index contributed by atoms with van der Waals surface area (Å²) < 4.78 is 5.60. The predicted octanol–water partition coefficient (Wildman–Crippen LogP) is 1.17. The molecule has 0 radical (unpaired) electrons. The molecule has 1 saturated carbocycles. The Hall–Kier alpha value is -1.10. The normalized spacial score (nSPS) is 35.6. The molecule has 1 aliphatic carbocycles. The van der Waals surface area contributed by atoms with E-state index in [9.17, 15) is 9.59 Å². The van der Waals surface area contributed by atoms with Gasteiger partial charge >= 0.3 is 5.97 Å². The van der Waals surface area contributed by atoms with Gasteiger partial charge in [0.1, 0.15) is 0 Å². The van der Waals surface area contributed by atoms with Gasteiger partial charge in [-0.3, -0.25) is 9.59 Å². The van der Waals surface area contributed by atoms with Crippen molar-refractivity contribution in [1.82, 2.24) is 5.32 Å². The first-order chi connectivity index (χ1) is 8.50. The first-order valence-electron chi connectivity index (χ1n) is 6.65. The number of amides is 1. The van der Waals surface area contributed by atoms with Gasteiger partial charge < -0.3 is 15.2 Å². The fraction of sp³-hybridized carbons (Fsp3) is 0.846. The highest BCUT2D eigenvalue weighted by atomic mass is 16.5. The second kappa shape index (κ2) is 5.26. The largest absolute Gasteiger partial charge is 0.481 e. The van der Waals surface area contributed by atoms with Crippen LogP contribution in [0, 0.1) is 11.8 Å². The number of rotatable bonds is 4. The number of ether oxygens (including phenoxy) is 1. The lowest BCUT2D eigenvalue weighted by Gasteiger charge is -2.24. The van der Waals surface area contributed by atoms with E-state index in [0.717, 1.165) is 19.4 Å². The zero-order chi connectivity index (χ0) is 13.2. The summed E-state index contributed by atoms with van der Waals surface area (Å²) in [5.74, 6) is -1.29. The summed E-state index contributed by atoms with van der Waals surface area (Å²) in [6.45, 7) is 3.30. The first-order valence-corrected chi connectivity index (χ1v) is 6.65. The van der Waals surface area contributed by atoms with Gasteiger partial charge in [0.15, 0.2) is 0 Å². The quantitative estimate of drug-likeness (QED) is 0.790. The Morgan fingerprint density at radius 1 is 1.39 bits per heavy atom. The van der Waals surface area contributed by atoms with Crippen molar-refractivity contribution in [3.8, 4) is 0 Å². The van der Waals surface area contributed by atoms with Crippen LogP contribution in [0.5, 0.6) is 0 Å². The molecule has 0 aromatic heterocycles. The van der Waals surface area contributed by atoms with E-state index < -0.39 is 5.97 Å². The topological polar surface area (TPSA) is 75.6 Å². The van der Waals surface area contributed by atoms with Crippen LogP contribution in [0.3, 0.4) is 0 Å². The highest BCUT2D eigenvalue weighted by Crippen LogP contribution is 2.31. The van der Waals surface area contributed by atoms with E-state index in [0.29, 0.717) is 25.8 Å². The molecule has 0 bridgehead atoms. The van der Waals surface area contributed by atoms with Crippen molar-refractivity contribution in [2.75, 3.05) is 13.2 Å². The second-order valence-corrected chi connectivity index (χ2v) is 5.66. The first kappa shape index (κ1) is 13.3. The third-order valence-electron chi connectivity index (χ3n) is 4.09. The monoisotopic (exact) mass is 255 g/mol. The molecule has 3 atom stereocenters. The molecule has 2 aliphatic rings. The van der Waals surface area contributed by atoms with Crippen LogP contribution in [0.15, 0.2) is 0 Å². The van der Waals surface area contributed by atoms with E-state index in [1.807, 2.05) is 6.92 Å². The Kier molecular flexibility index (Phi) is 3.90. The van der Waals surface area contributed by atoms with Crippen LogP contribution < -0.4 is 5.32 Å². The number of aliphatic carboxylic acids is 1. The number of carboxylic acids is 1. The van der Waals surface area contributed by atoms with Gasteiger partial charge in [-0.25, -0.2) is 0 Å². The number of hydrogen-bond donors (Lipinski definition) is 2. The smallest absolute Gasteiger partial charge is 0.306 e. The summed E-state index contributed by atoms with van der Waals surface area (Å²) >= 11 is 0. The minimum atomic E-state index is -0.781. The minimum Gasteiger partial charge on any atom is -0.481 e. The molecule has 102 valence electrons. The average molecular weight is 255 g/mol. The maximum Gasteiger partial charge on any atom is 0.306 e. The molecule has 0 spiro atoms. The Bertz CT molecular complexity index is 336. The molecule has 3 unspecified atom stereocenters. The van der Waals surface area contributed by atoms with E-state index in [1.165, 1.54) is 0 Å². The molecule has 2 fully saturated rings. The van der Waals surface area contributed by atoms with Gasteiger partial charge in [-0.1, -0.05) is 0 Å². The Balaban J connectivity index is 1.77. The molecule has 2 N–H and O–H groups in total. The Labute approximate surface area is 107 Å². The summed E-state index contributed by atoms with van der Waals surface area (Å²) in [5.41, 5.74) is -0.236. The van der Waals surface area contributed by atoms with Crippen LogP contribution >= 0.6 is 0 Å². The molecule has 0 aromatic rings. The SMILES string of the molecule is CC1(CNC(=O)C2CCC(C(=O)O)C2)CCCO1. The van der Waals surface area contributed by atoms with E-state index in [4.69, 9.17) is 9.84 Å². The van der Waals surface area contributed by atoms with E-state index in [1.54, 1.807) is 0 Å². The molecule has 1 amide bonds. The maximum atomic E-state index is 12.0. The number of carbonyl (C=O) groups is 2. The van der Waals surface area contributed by atoms with Gasteiger partial charge in [-0.15, -0.1) is 0 Å². The zero-order valence-electron chi connectivity index (χ0n) is 10.8. The highest BCUT2D eigenvalue weighted by molar-refractivity contribution is 5.80. The standard InChI is InChI=1S/C13H21NO4/c1-13(5-2-6-18-13)8-14-11(15)9-3-4-10(7-9)12(16)17/h9-10H,2-8H2,1H3,(H,14,15)(H,16,17). The third kappa shape index (κ3) is 3.02. The lowest BCUT2D eigenvalue weighted by atomic mass is 10.0. The summed E-state index contributed by atoms with van der Waals surface area (Å²) in [4.78, 5) is 22.8. The molecular weight excluding hydrogens is 234 g/mol. The molecule has 2 rings (SSSR count). The molecule has 0 aromatic carbocycles. The molecular formula is C13H21NO4.